The Kier molecular flexibility index (Phi) is 11.8. The van der Waals surface area contributed by atoms with Crippen molar-refractivity contribution in [1.82, 2.24) is 19.6 Å². The molecule has 42 heavy (non-hydrogen) atoms. The molecular formula is C30H40N4O7S. The molecule has 2 atom stereocenters. The van der Waals surface area contributed by atoms with Gasteiger partial charge in [-0.3, -0.25) is 15.0 Å². The number of terminal acetylenes is 1. The van der Waals surface area contributed by atoms with Crippen LogP contribution in [0, 0.1) is 18.3 Å². The molecule has 12 heteroatoms. The van der Waals surface area contributed by atoms with Gasteiger partial charge in [0, 0.05) is 32.0 Å². The third-order valence-corrected chi connectivity index (χ3v) is 8.29. The van der Waals surface area contributed by atoms with Crippen molar-refractivity contribution in [1.29, 1.82) is 0 Å². The van der Waals surface area contributed by atoms with Crippen LogP contribution in [0.2, 0.25) is 0 Å². The third kappa shape index (κ3) is 8.93. The maximum atomic E-state index is 13.9. The minimum absolute atomic E-state index is 0.00248. The fourth-order valence-corrected chi connectivity index (χ4v) is 6.17. The molecule has 0 saturated heterocycles. The van der Waals surface area contributed by atoms with Crippen molar-refractivity contribution in [3.8, 4) is 23.8 Å². The van der Waals surface area contributed by atoms with Gasteiger partial charge in [0.25, 0.3) is 5.91 Å². The number of amides is 2. The highest BCUT2D eigenvalue weighted by atomic mass is 32.2. The van der Waals surface area contributed by atoms with Crippen LogP contribution >= 0.6 is 0 Å². The van der Waals surface area contributed by atoms with Gasteiger partial charge in [-0.1, -0.05) is 44.2 Å². The molecule has 0 aliphatic carbocycles. The van der Waals surface area contributed by atoms with E-state index in [1.54, 1.807) is 19.0 Å². The first kappa shape index (κ1) is 32.9. The van der Waals surface area contributed by atoms with E-state index in [0.717, 1.165) is 10.6 Å². The number of hydrazine groups is 1. The predicted octanol–water partition coefficient (Wildman–Crippen LogP) is 1.87. The Balaban J connectivity index is 1.99. The Hall–Kier alpha value is -3.63. The lowest BCUT2D eigenvalue weighted by Gasteiger charge is -2.37. The Morgan fingerprint density at radius 2 is 1.76 bits per heavy atom. The van der Waals surface area contributed by atoms with Gasteiger partial charge in [-0.05, 0) is 44.1 Å². The monoisotopic (exact) mass is 600 g/mol. The Bertz CT molecular complexity index is 1360. The molecule has 11 nitrogen and oxygen atoms in total. The zero-order valence-electron chi connectivity index (χ0n) is 24.5. The molecule has 228 valence electrons. The van der Waals surface area contributed by atoms with Gasteiger partial charge in [-0.25, -0.2) is 13.4 Å². The van der Waals surface area contributed by atoms with E-state index in [4.69, 9.17) is 15.9 Å². The second-order valence-electron chi connectivity index (χ2n) is 10.8. The number of nitrogens with one attached hydrogen (secondary N) is 1. The van der Waals surface area contributed by atoms with Gasteiger partial charge in [-0.15, -0.1) is 12.3 Å². The standard InChI is InChI=1S/C30H40N4O7S/c1-6-7-13-30(37)34(31-29(36)20-32(4)5)25(16-23-11-9-8-10-12-23)26(35)19-33(18-22(2)3)42(38,39)24-14-15-27-28(17-24)41-21-40-27/h1,8-12,14-15,17,22,25-26,35H,7,13,16,18-21H2,2-5H3,(H,31,36)/t25?,26-/m1/s1. The summed E-state index contributed by atoms with van der Waals surface area (Å²) in [7, 11) is -0.678. The second kappa shape index (κ2) is 15.0. The van der Waals surface area contributed by atoms with Crippen LogP contribution in [0.4, 0.5) is 0 Å². The number of carbonyl (C=O) groups excluding carboxylic acids is 2. The molecule has 1 aliphatic rings. The van der Waals surface area contributed by atoms with E-state index < -0.39 is 34.0 Å². The molecule has 1 unspecified atom stereocenters. The number of hydrogen-bond donors (Lipinski definition) is 2. The number of hydrogen-bond acceptors (Lipinski definition) is 8. The highest BCUT2D eigenvalue weighted by molar-refractivity contribution is 7.89. The van der Waals surface area contributed by atoms with Crippen LogP contribution in [-0.4, -0.2) is 92.2 Å². The van der Waals surface area contributed by atoms with Gasteiger partial charge in [0.05, 0.1) is 23.6 Å². The van der Waals surface area contributed by atoms with Gasteiger partial charge in [-0.2, -0.15) is 4.31 Å². The van der Waals surface area contributed by atoms with E-state index in [2.05, 4.69) is 11.3 Å². The second-order valence-corrected chi connectivity index (χ2v) is 12.7. The SMILES string of the molecule is C#CCCC(=O)N(NC(=O)CN(C)C)C(Cc1ccccc1)[C@H](O)CN(CC(C)C)S(=O)(=O)c1ccc2c(c1)OCO2. The molecule has 3 rings (SSSR count). The number of carbonyl (C=O) groups is 2. The van der Waals surface area contributed by atoms with Crippen molar-refractivity contribution < 1.29 is 32.6 Å². The zero-order chi connectivity index (χ0) is 30.9. The van der Waals surface area contributed by atoms with Crippen LogP contribution in [0.5, 0.6) is 11.5 Å². The molecule has 0 radical (unpaired) electrons. The van der Waals surface area contributed by atoms with Gasteiger partial charge in [0.1, 0.15) is 0 Å². The summed E-state index contributed by atoms with van der Waals surface area (Å²) in [5.41, 5.74) is 3.43. The maximum Gasteiger partial charge on any atom is 0.252 e. The van der Waals surface area contributed by atoms with Crippen molar-refractivity contribution in [2.75, 3.05) is 40.5 Å². The summed E-state index contributed by atoms with van der Waals surface area (Å²) in [5, 5.41) is 12.8. The van der Waals surface area contributed by atoms with Crippen molar-refractivity contribution in [2.45, 2.75) is 50.2 Å². The molecule has 2 aromatic rings. The molecule has 2 N–H and O–H groups in total. The van der Waals surface area contributed by atoms with Crippen LogP contribution in [0.3, 0.4) is 0 Å². The summed E-state index contributed by atoms with van der Waals surface area (Å²) in [5.74, 6) is 2.15. The first-order valence-electron chi connectivity index (χ1n) is 13.7. The molecular weight excluding hydrogens is 560 g/mol. The lowest BCUT2D eigenvalue weighted by atomic mass is 9.99. The normalized spacial score (nSPS) is 14.1. The highest BCUT2D eigenvalue weighted by Gasteiger charge is 2.36. The van der Waals surface area contributed by atoms with Crippen LogP contribution in [0.25, 0.3) is 0 Å². The van der Waals surface area contributed by atoms with E-state index in [9.17, 15) is 23.1 Å². The number of ether oxygens (including phenoxy) is 2. The zero-order valence-corrected chi connectivity index (χ0v) is 25.3. The number of fused-ring (bicyclic) bond motifs is 1. The Labute approximate surface area is 248 Å². The number of benzene rings is 2. The van der Waals surface area contributed by atoms with E-state index in [0.29, 0.717) is 11.5 Å². The van der Waals surface area contributed by atoms with Gasteiger partial charge in [0.15, 0.2) is 11.5 Å². The fourth-order valence-electron chi connectivity index (χ4n) is 4.54. The molecule has 2 aromatic carbocycles. The molecule has 1 heterocycles. The van der Waals surface area contributed by atoms with Gasteiger partial charge < -0.3 is 19.5 Å². The maximum absolute atomic E-state index is 13.9. The van der Waals surface area contributed by atoms with Crippen LogP contribution in [0.15, 0.2) is 53.4 Å². The summed E-state index contributed by atoms with van der Waals surface area (Å²) in [6.07, 6.45) is 4.22. The molecule has 0 spiro atoms. The van der Waals surface area contributed by atoms with Crippen LogP contribution in [0.1, 0.15) is 32.3 Å². The summed E-state index contributed by atoms with van der Waals surface area (Å²) in [6.45, 7) is 3.49. The lowest BCUT2D eigenvalue weighted by molar-refractivity contribution is -0.148. The Morgan fingerprint density at radius 3 is 2.40 bits per heavy atom. The quantitative estimate of drug-likeness (QED) is 0.249. The van der Waals surface area contributed by atoms with Gasteiger partial charge in [0.2, 0.25) is 22.7 Å². The smallest absolute Gasteiger partial charge is 0.252 e. The molecule has 0 fully saturated rings. The summed E-state index contributed by atoms with van der Waals surface area (Å²) in [4.78, 5) is 27.8. The minimum atomic E-state index is -4.10. The van der Waals surface area contributed by atoms with E-state index in [1.807, 2.05) is 44.2 Å². The number of rotatable bonds is 14. The number of nitrogens with zero attached hydrogens (tertiary/aromatic N) is 3. The third-order valence-electron chi connectivity index (χ3n) is 6.46. The Morgan fingerprint density at radius 1 is 1.07 bits per heavy atom. The largest absolute Gasteiger partial charge is 0.454 e. The molecule has 0 saturated carbocycles. The minimum Gasteiger partial charge on any atom is -0.454 e. The average Bonchev–Trinajstić information content (AvgIpc) is 3.41. The number of sulfonamides is 1. The van der Waals surface area contributed by atoms with E-state index in [-0.39, 0.29) is 56.5 Å². The van der Waals surface area contributed by atoms with Crippen molar-refractivity contribution in [2.24, 2.45) is 5.92 Å². The van der Waals surface area contributed by atoms with Crippen LogP contribution in [-0.2, 0) is 26.0 Å². The molecule has 0 aromatic heterocycles. The molecule has 1 aliphatic heterocycles. The average molecular weight is 601 g/mol. The first-order valence-corrected chi connectivity index (χ1v) is 15.2. The fraction of sp³-hybridized carbons (Fsp3) is 0.467. The summed E-state index contributed by atoms with van der Waals surface area (Å²) < 4.78 is 39.6. The number of likely N-dealkylation sites (N-methyl/N-ethyl adjacent to an activating group) is 1. The van der Waals surface area contributed by atoms with E-state index in [1.165, 1.54) is 22.5 Å². The summed E-state index contributed by atoms with van der Waals surface area (Å²) in [6, 6.07) is 12.5. The predicted molar refractivity (Wildman–Crippen MR) is 158 cm³/mol. The summed E-state index contributed by atoms with van der Waals surface area (Å²) >= 11 is 0. The topological polar surface area (TPSA) is 129 Å². The molecule has 0 bridgehead atoms. The number of aliphatic hydroxyl groups excluding tert-OH is 1. The van der Waals surface area contributed by atoms with Gasteiger partial charge >= 0.3 is 0 Å². The highest BCUT2D eigenvalue weighted by Crippen LogP contribution is 2.35. The first-order chi connectivity index (χ1) is 19.9. The van der Waals surface area contributed by atoms with Crippen LogP contribution < -0.4 is 14.9 Å². The van der Waals surface area contributed by atoms with E-state index >= 15 is 0 Å². The number of aliphatic hydroxyl groups is 1. The van der Waals surface area contributed by atoms with Crippen molar-refractivity contribution >= 4 is 21.8 Å². The van der Waals surface area contributed by atoms with Crippen molar-refractivity contribution in [3.05, 3.63) is 54.1 Å². The van der Waals surface area contributed by atoms with Crippen molar-refractivity contribution in [3.63, 3.8) is 0 Å². The molecule has 2 amide bonds. The lowest BCUT2D eigenvalue weighted by Crippen LogP contribution is -2.60.